The quantitative estimate of drug-likeness (QED) is 0.407. The van der Waals surface area contributed by atoms with Crippen molar-refractivity contribution < 1.29 is 5.21 Å². The van der Waals surface area contributed by atoms with Crippen LogP contribution in [0.4, 0.5) is 0 Å². The Bertz CT molecular complexity index is 488. The maximum atomic E-state index is 9.09. The van der Waals surface area contributed by atoms with E-state index in [1.54, 1.807) is 24.7 Å². The Morgan fingerprint density at radius 1 is 1.29 bits per heavy atom. The molecule has 1 heterocycles. The average molecular weight is 228 g/mol. The van der Waals surface area contributed by atoms with Crippen molar-refractivity contribution in [3.8, 4) is 0 Å². The Morgan fingerprint density at radius 3 is 2.88 bits per heavy atom. The van der Waals surface area contributed by atoms with Gasteiger partial charge in [0.25, 0.3) is 0 Å². The van der Waals surface area contributed by atoms with Crippen LogP contribution < -0.4 is 10.8 Å². The second-order valence-electron chi connectivity index (χ2n) is 3.25. The van der Waals surface area contributed by atoms with E-state index in [9.17, 15) is 0 Å². The molecular formula is C12H12N4O. The van der Waals surface area contributed by atoms with Gasteiger partial charge in [0, 0.05) is 18.0 Å². The monoisotopic (exact) mass is 228 g/mol. The molecule has 0 radical (unpaired) electrons. The zero-order valence-corrected chi connectivity index (χ0v) is 9.04. The summed E-state index contributed by atoms with van der Waals surface area (Å²) in [7, 11) is 0. The first-order valence-electron chi connectivity index (χ1n) is 5.09. The normalized spacial score (nSPS) is 14.9. The van der Waals surface area contributed by atoms with Gasteiger partial charge in [0.2, 0.25) is 0 Å². The van der Waals surface area contributed by atoms with E-state index in [0.29, 0.717) is 11.7 Å². The first-order valence-corrected chi connectivity index (χ1v) is 5.09. The van der Waals surface area contributed by atoms with Crippen molar-refractivity contribution in [2.24, 2.45) is 9.98 Å². The minimum absolute atomic E-state index is 0.356. The third-order valence-electron chi connectivity index (χ3n) is 2.08. The second kappa shape index (κ2) is 5.62. The number of aliphatic imine (C=N–C) groups is 2. The molecule has 1 aliphatic rings. The van der Waals surface area contributed by atoms with Crippen LogP contribution in [-0.4, -0.2) is 17.3 Å². The maximum Gasteiger partial charge on any atom is 0.159 e. The van der Waals surface area contributed by atoms with Gasteiger partial charge in [-0.25, -0.2) is 4.99 Å². The SMILES string of the molecule is ONC(=NC1=CN=CC=CN1)c1ccccc1. The molecular weight excluding hydrogens is 216 g/mol. The van der Waals surface area contributed by atoms with Gasteiger partial charge < -0.3 is 5.32 Å². The summed E-state index contributed by atoms with van der Waals surface area (Å²) in [4.78, 5) is 8.21. The average Bonchev–Trinajstić information content (AvgIpc) is 2.65. The lowest BCUT2D eigenvalue weighted by molar-refractivity contribution is 0.235. The summed E-state index contributed by atoms with van der Waals surface area (Å²) in [5.74, 6) is 0.894. The van der Waals surface area contributed by atoms with Crippen molar-refractivity contribution in [2.75, 3.05) is 0 Å². The Kier molecular flexibility index (Phi) is 3.67. The number of nitrogens with one attached hydrogen (secondary N) is 2. The first kappa shape index (κ1) is 11.1. The zero-order valence-electron chi connectivity index (χ0n) is 9.04. The number of hydrogen-bond acceptors (Lipinski definition) is 4. The van der Waals surface area contributed by atoms with E-state index in [1.807, 2.05) is 30.3 Å². The minimum Gasteiger partial charge on any atom is -0.345 e. The van der Waals surface area contributed by atoms with Crippen LogP contribution in [0, 0.1) is 0 Å². The Balaban J connectivity index is 2.27. The molecule has 0 atom stereocenters. The number of allylic oxidation sites excluding steroid dienone is 1. The van der Waals surface area contributed by atoms with Gasteiger partial charge in [0.15, 0.2) is 11.7 Å². The molecule has 0 amide bonds. The molecule has 5 heteroatoms. The number of benzene rings is 1. The standard InChI is InChI=1S/C12H12N4O/c17-16-12(10-5-2-1-3-6-10)15-11-9-13-7-4-8-14-11/h1-9,14,17H,(H,15,16). The van der Waals surface area contributed by atoms with Crippen molar-refractivity contribution in [2.45, 2.75) is 0 Å². The molecule has 0 spiro atoms. The lowest BCUT2D eigenvalue weighted by atomic mass is 10.2. The number of hydroxylamine groups is 1. The molecule has 0 unspecified atom stereocenters. The van der Waals surface area contributed by atoms with E-state index < -0.39 is 0 Å². The van der Waals surface area contributed by atoms with E-state index >= 15 is 0 Å². The van der Waals surface area contributed by atoms with Crippen molar-refractivity contribution in [1.82, 2.24) is 10.8 Å². The summed E-state index contributed by atoms with van der Waals surface area (Å²) in [5.41, 5.74) is 2.87. The van der Waals surface area contributed by atoms with Gasteiger partial charge in [-0.1, -0.05) is 30.3 Å². The topological polar surface area (TPSA) is 69.0 Å². The summed E-state index contributed by atoms with van der Waals surface area (Å²) < 4.78 is 0. The molecule has 0 aliphatic carbocycles. The third kappa shape index (κ3) is 3.02. The molecule has 5 nitrogen and oxygen atoms in total. The summed E-state index contributed by atoms with van der Waals surface area (Å²) in [6, 6.07) is 9.33. The van der Waals surface area contributed by atoms with Gasteiger partial charge >= 0.3 is 0 Å². The van der Waals surface area contributed by atoms with E-state index in [-0.39, 0.29) is 0 Å². The summed E-state index contributed by atoms with van der Waals surface area (Å²) in [6.07, 6.45) is 6.68. The Hall–Kier alpha value is -2.40. The predicted octanol–water partition coefficient (Wildman–Crippen LogP) is 1.40. The highest BCUT2D eigenvalue weighted by molar-refractivity contribution is 5.98. The van der Waals surface area contributed by atoms with Gasteiger partial charge in [0.1, 0.15) is 0 Å². The summed E-state index contributed by atoms with van der Waals surface area (Å²) in [6.45, 7) is 0. The number of nitrogens with zero attached hydrogens (tertiary/aromatic N) is 2. The Labute approximate surface area is 98.9 Å². The third-order valence-corrected chi connectivity index (χ3v) is 2.08. The van der Waals surface area contributed by atoms with Crippen molar-refractivity contribution in [3.05, 3.63) is 60.2 Å². The molecule has 3 N–H and O–H groups in total. The minimum atomic E-state index is 0.356. The number of rotatable bonds is 2. The van der Waals surface area contributed by atoms with Crippen LogP contribution >= 0.6 is 0 Å². The zero-order chi connectivity index (χ0) is 11.9. The second-order valence-corrected chi connectivity index (χ2v) is 3.25. The fourth-order valence-corrected chi connectivity index (χ4v) is 1.31. The van der Waals surface area contributed by atoms with Gasteiger partial charge in [-0.3, -0.25) is 15.7 Å². The predicted molar refractivity (Wildman–Crippen MR) is 66.8 cm³/mol. The molecule has 0 saturated heterocycles. The highest BCUT2D eigenvalue weighted by Gasteiger charge is 2.02. The molecule has 17 heavy (non-hydrogen) atoms. The number of hydrogen-bond donors (Lipinski definition) is 3. The van der Waals surface area contributed by atoms with Crippen LogP contribution in [0.1, 0.15) is 5.56 Å². The van der Waals surface area contributed by atoms with E-state index in [1.165, 1.54) is 0 Å². The highest BCUT2D eigenvalue weighted by Crippen LogP contribution is 2.03. The van der Waals surface area contributed by atoms with Gasteiger partial charge in [-0.2, -0.15) is 0 Å². The maximum absolute atomic E-state index is 9.09. The number of amidine groups is 1. The van der Waals surface area contributed by atoms with E-state index in [0.717, 1.165) is 5.56 Å². The fraction of sp³-hybridized carbons (Fsp3) is 0. The van der Waals surface area contributed by atoms with Crippen LogP contribution in [0.5, 0.6) is 0 Å². The van der Waals surface area contributed by atoms with Crippen LogP contribution in [0.15, 0.2) is 64.6 Å². The van der Waals surface area contributed by atoms with Crippen LogP contribution in [-0.2, 0) is 0 Å². The molecule has 1 aliphatic heterocycles. The van der Waals surface area contributed by atoms with Crippen LogP contribution in [0.2, 0.25) is 0 Å². The van der Waals surface area contributed by atoms with Crippen molar-refractivity contribution in [3.63, 3.8) is 0 Å². The molecule has 1 aromatic carbocycles. The van der Waals surface area contributed by atoms with Gasteiger partial charge in [0.05, 0.1) is 6.20 Å². The molecule has 1 aromatic rings. The summed E-state index contributed by atoms with van der Waals surface area (Å²) >= 11 is 0. The van der Waals surface area contributed by atoms with Crippen LogP contribution in [0.25, 0.3) is 0 Å². The molecule has 0 aromatic heterocycles. The van der Waals surface area contributed by atoms with E-state index in [2.05, 4.69) is 20.8 Å². The molecule has 86 valence electrons. The lowest BCUT2D eigenvalue weighted by Gasteiger charge is -2.06. The smallest absolute Gasteiger partial charge is 0.159 e. The fourth-order valence-electron chi connectivity index (χ4n) is 1.31. The lowest BCUT2D eigenvalue weighted by Crippen LogP contribution is -2.21. The van der Waals surface area contributed by atoms with Crippen LogP contribution in [0.3, 0.4) is 0 Å². The highest BCUT2D eigenvalue weighted by atomic mass is 16.5. The van der Waals surface area contributed by atoms with Crippen molar-refractivity contribution >= 4 is 12.1 Å². The summed E-state index contributed by atoms with van der Waals surface area (Å²) in [5, 5.41) is 12.0. The van der Waals surface area contributed by atoms with E-state index in [4.69, 9.17) is 5.21 Å². The molecule has 0 saturated carbocycles. The largest absolute Gasteiger partial charge is 0.345 e. The molecule has 2 rings (SSSR count). The van der Waals surface area contributed by atoms with Gasteiger partial charge in [-0.15, -0.1) is 0 Å². The van der Waals surface area contributed by atoms with Crippen molar-refractivity contribution in [1.29, 1.82) is 0 Å². The van der Waals surface area contributed by atoms with Gasteiger partial charge in [-0.05, 0) is 6.08 Å². The Morgan fingerprint density at radius 2 is 2.12 bits per heavy atom. The molecule has 0 bridgehead atoms. The first-order chi connectivity index (χ1) is 8.40. The molecule has 0 fully saturated rings.